The van der Waals surface area contributed by atoms with Gasteiger partial charge in [-0.05, 0) is 30.9 Å². The Bertz CT molecular complexity index is 882. The van der Waals surface area contributed by atoms with E-state index in [1.165, 1.54) is 10.9 Å². The summed E-state index contributed by atoms with van der Waals surface area (Å²) in [5, 5.41) is 1.25. The second-order valence-corrected chi connectivity index (χ2v) is 8.50. The maximum Gasteiger partial charge on any atom is 0.223 e. The summed E-state index contributed by atoms with van der Waals surface area (Å²) < 4.78 is 0. The molecule has 0 unspecified atom stereocenters. The van der Waals surface area contributed by atoms with E-state index >= 15 is 0 Å². The number of piperidine rings is 1. The molecule has 1 aromatic carbocycles. The fourth-order valence-electron chi connectivity index (χ4n) is 5.40. The van der Waals surface area contributed by atoms with E-state index in [0.717, 1.165) is 43.4 Å². The fraction of sp³-hybridized carbons (Fsp3) is 0.565. The number of rotatable bonds is 5. The third-order valence-electron chi connectivity index (χ3n) is 6.66. The number of carbonyl (C=O) groups is 2. The molecule has 144 valence electrons. The number of nitrogens with zero attached hydrogens (tertiary/aromatic N) is 1. The van der Waals surface area contributed by atoms with Gasteiger partial charge in [-0.25, -0.2) is 0 Å². The van der Waals surface area contributed by atoms with E-state index in [2.05, 4.69) is 35.0 Å². The second-order valence-electron chi connectivity index (χ2n) is 8.50. The molecule has 0 spiro atoms. The molecule has 2 aliphatic heterocycles. The molecule has 3 heterocycles. The maximum atomic E-state index is 13.3. The molecule has 2 aliphatic rings. The van der Waals surface area contributed by atoms with Crippen LogP contribution in [0.15, 0.2) is 24.3 Å². The zero-order chi connectivity index (χ0) is 19.2. The number of hydrogen-bond acceptors (Lipinski definition) is 2. The summed E-state index contributed by atoms with van der Waals surface area (Å²) in [5.41, 5.74) is 3.07. The predicted molar refractivity (Wildman–Crippen MR) is 107 cm³/mol. The number of hydrogen-bond donors (Lipinski definition) is 1. The summed E-state index contributed by atoms with van der Waals surface area (Å²) in [6.07, 6.45) is 4.96. The Morgan fingerprint density at radius 1 is 1.30 bits per heavy atom. The Balaban J connectivity index is 1.97. The van der Waals surface area contributed by atoms with Crippen LogP contribution in [0.2, 0.25) is 0 Å². The van der Waals surface area contributed by atoms with Crippen LogP contribution in [-0.4, -0.2) is 28.1 Å². The first kappa shape index (κ1) is 18.3. The summed E-state index contributed by atoms with van der Waals surface area (Å²) in [7, 11) is 0. The SMILES string of the molecule is CCCC[C@@]12c3[nH]c4ccccc4c3CCN1C(=O)CC[C@H]2C(=O)C(C)C. The van der Waals surface area contributed by atoms with Crippen molar-refractivity contribution in [2.45, 2.75) is 64.8 Å². The van der Waals surface area contributed by atoms with Crippen molar-refractivity contribution >= 4 is 22.6 Å². The molecule has 1 amide bonds. The summed E-state index contributed by atoms with van der Waals surface area (Å²) >= 11 is 0. The first-order valence-electron chi connectivity index (χ1n) is 10.4. The Morgan fingerprint density at radius 3 is 2.81 bits per heavy atom. The van der Waals surface area contributed by atoms with Gasteiger partial charge in [0.25, 0.3) is 0 Å². The first-order chi connectivity index (χ1) is 13.0. The van der Waals surface area contributed by atoms with Crippen molar-refractivity contribution in [1.29, 1.82) is 0 Å². The number of ketones is 1. The highest BCUT2D eigenvalue weighted by Crippen LogP contribution is 2.51. The van der Waals surface area contributed by atoms with E-state index in [0.29, 0.717) is 18.6 Å². The number of H-pyrrole nitrogens is 1. The van der Waals surface area contributed by atoms with Crippen LogP contribution in [0.1, 0.15) is 64.1 Å². The third-order valence-corrected chi connectivity index (χ3v) is 6.66. The lowest BCUT2D eigenvalue weighted by atomic mass is 9.65. The van der Waals surface area contributed by atoms with Gasteiger partial charge in [0.05, 0.1) is 5.54 Å². The van der Waals surface area contributed by atoms with Crippen molar-refractivity contribution in [2.75, 3.05) is 6.54 Å². The summed E-state index contributed by atoms with van der Waals surface area (Å²) in [6.45, 7) is 6.89. The van der Waals surface area contributed by atoms with Crippen molar-refractivity contribution in [1.82, 2.24) is 9.88 Å². The van der Waals surface area contributed by atoms with Crippen LogP contribution in [0.3, 0.4) is 0 Å². The van der Waals surface area contributed by atoms with Gasteiger partial charge in [0.15, 0.2) is 0 Å². The van der Waals surface area contributed by atoms with Crippen molar-refractivity contribution in [3.8, 4) is 0 Å². The summed E-state index contributed by atoms with van der Waals surface area (Å²) in [4.78, 5) is 32.0. The van der Waals surface area contributed by atoms with Gasteiger partial charge in [0.2, 0.25) is 5.91 Å². The molecule has 0 radical (unpaired) electrons. The quantitative estimate of drug-likeness (QED) is 0.842. The Hall–Kier alpha value is -2.10. The molecule has 2 atom stereocenters. The van der Waals surface area contributed by atoms with Gasteiger partial charge in [-0.1, -0.05) is 51.8 Å². The highest BCUT2D eigenvalue weighted by atomic mass is 16.2. The molecule has 1 N–H and O–H groups in total. The number of fused-ring (bicyclic) bond motifs is 5. The normalized spacial score (nSPS) is 25.0. The first-order valence-corrected chi connectivity index (χ1v) is 10.4. The number of para-hydroxylation sites is 1. The molecule has 4 rings (SSSR count). The van der Waals surface area contributed by atoms with Gasteiger partial charge < -0.3 is 9.88 Å². The Labute approximate surface area is 161 Å². The monoisotopic (exact) mass is 366 g/mol. The van der Waals surface area contributed by atoms with Gasteiger partial charge in [-0.15, -0.1) is 0 Å². The van der Waals surface area contributed by atoms with Crippen molar-refractivity contribution < 1.29 is 9.59 Å². The van der Waals surface area contributed by atoms with Crippen LogP contribution in [-0.2, 0) is 21.5 Å². The lowest BCUT2D eigenvalue weighted by Crippen LogP contribution is -2.62. The van der Waals surface area contributed by atoms with Gasteiger partial charge in [-0.3, -0.25) is 9.59 Å². The number of amides is 1. The number of carbonyl (C=O) groups excluding carboxylic acids is 2. The van der Waals surface area contributed by atoms with Crippen LogP contribution in [0.5, 0.6) is 0 Å². The fourth-order valence-corrected chi connectivity index (χ4v) is 5.40. The lowest BCUT2D eigenvalue weighted by molar-refractivity contribution is -0.155. The standard InChI is InChI=1S/C23H30N2O2/c1-4-5-13-23-18(21(27)15(2)3)10-11-20(26)25(23)14-12-17-16-8-6-7-9-19(16)24-22(17)23/h6-9,15,18,24H,4-5,10-14H2,1-3H3/t18-,23+/m0/s1. The van der Waals surface area contributed by atoms with E-state index in [9.17, 15) is 9.59 Å². The number of Topliss-reactive ketones (excluding diaryl/α,β-unsaturated/α-hetero) is 1. The molecule has 0 aliphatic carbocycles. The third kappa shape index (κ3) is 2.64. The van der Waals surface area contributed by atoms with E-state index in [1.54, 1.807) is 0 Å². The van der Waals surface area contributed by atoms with Crippen molar-refractivity contribution in [3.05, 3.63) is 35.5 Å². The number of aromatic nitrogens is 1. The zero-order valence-electron chi connectivity index (χ0n) is 16.7. The molecule has 1 fully saturated rings. The van der Waals surface area contributed by atoms with Crippen LogP contribution < -0.4 is 0 Å². The number of nitrogens with one attached hydrogen (secondary N) is 1. The van der Waals surface area contributed by atoms with Crippen molar-refractivity contribution in [3.63, 3.8) is 0 Å². The summed E-state index contributed by atoms with van der Waals surface area (Å²) in [6, 6.07) is 8.39. The molecule has 4 heteroatoms. The van der Waals surface area contributed by atoms with Gasteiger partial charge in [0, 0.05) is 41.4 Å². The van der Waals surface area contributed by atoms with Crippen LogP contribution in [0, 0.1) is 11.8 Å². The lowest BCUT2D eigenvalue weighted by Gasteiger charge is -2.54. The molecular weight excluding hydrogens is 336 g/mol. The van der Waals surface area contributed by atoms with Gasteiger partial charge >= 0.3 is 0 Å². The van der Waals surface area contributed by atoms with E-state index in [1.807, 2.05) is 19.9 Å². The molecule has 1 aromatic heterocycles. The highest BCUT2D eigenvalue weighted by Gasteiger charge is 2.56. The number of aromatic amines is 1. The molecular formula is C23H30N2O2. The average molecular weight is 367 g/mol. The van der Waals surface area contributed by atoms with Crippen molar-refractivity contribution in [2.24, 2.45) is 11.8 Å². The second kappa shape index (κ2) is 6.81. The molecule has 4 nitrogen and oxygen atoms in total. The number of unbranched alkanes of at least 4 members (excludes halogenated alkanes) is 1. The molecule has 2 aromatic rings. The molecule has 1 saturated heterocycles. The summed E-state index contributed by atoms with van der Waals surface area (Å²) in [5.74, 6) is 0.380. The van der Waals surface area contributed by atoms with E-state index in [-0.39, 0.29) is 17.7 Å². The minimum atomic E-state index is -0.501. The zero-order valence-corrected chi connectivity index (χ0v) is 16.7. The smallest absolute Gasteiger partial charge is 0.223 e. The minimum absolute atomic E-state index is 0.0155. The van der Waals surface area contributed by atoms with E-state index in [4.69, 9.17) is 0 Å². The minimum Gasteiger partial charge on any atom is -0.356 e. The highest BCUT2D eigenvalue weighted by molar-refractivity contribution is 5.91. The van der Waals surface area contributed by atoms with Crippen LogP contribution in [0.4, 0.5) is 0 Å². The van der Waals surface area contributed by atoms with Crippen LogP contribution in [0.25, 0.3) is 10.9 Å². The van der Waals surface area contributed by atoms with E-state index < -0.39 is 5.54 Å². The number of benzene rings is 1. The van der Waals surface area contributed by atoms with Gasteiger partial charge in [-0.2, -0.15) is 0 Å². The predicted octanol–water partition coefficient (Wildman–Crippen LogP) is 4.57. The average Bonchev–Trinajstić information content (AvgIpc) is 3.05. The van der Waals surface area contributed by atoms with Crippen LogP contribution >= 0.6 is 0 Å². The Morgan fingerprint density at radius 2 is 2.07 bits per heavy atom. The van der Waals surface area contributed by atoms with Gasteiger partial charge in [0.1, 0.15) is 5.78 Å². The molecule has 0 saturated carbocycles. The topological polar surface area (TPSA) is 53.2 Å². The Kier molecular flexibility index (Phi) is 4.61. The maximum absolute atomic E-state index is 13.3. The molecule has 0 bridgehead atoms. The molecule has 27 heavy (non-hydrogen) atoms. The largest absolute Gasteiger partial charge is 0.356 e.